The van der Waals surface area contributed by atoms with Crippen LogP contribution in [-0.4, -0.2) is 35.7 Å². The molecule has 0 spiro atoms. The summed E-state index contributed by atoms with van der Waals surface area (Å²) in [6.45, 7) is 5.52. The average molecular weight is 393 g/mol. The van der Waals surface area contributed by atoms with Crippen molar-refractivity contribution in [2.24, 2.45) is 0 Å². The molecule has 2 aromatic carbocycles. The summed E-state index contributed by atoms with van der Waals surface area (Å²) < 4.78 is 13.3. The Labute approximate surface area is 171 Å². The van der Waals surface area contributed by atoms with E-state index >= 15 is 0 Å². The molecule has 0 saturated carbocycles. The van der Waals surface area contributed by atoms with Crippen molar-refractivity contribution in [2.75, 3.05) is 20.3 Å². The number of methoxy groups -OCH3 is 1. The van der Waals surface area contributed by atoms with Gasteiger partial charge in [-0.1, -0.05) is 18.7 Å². The number of aromatic nitrogens is 2. The van der Waals surface area contributed by atoms with Crippen LogP contribution in [-0.2, 0) is 17.8 Å². The molecule has 29 heavy (non-hydrogen) atoms. The SMILES string of the molecule is C=CC(=O)NCCCc1nc2ccccc2n1CCCOc1ccc(OC)cc1. The van der Waals surface area contributed by atoms with Gasteiger partial charge in [-0.2, -0.15) is 0 Å². The molecular formula is C23H27N3O3. The highest BCUT2D eigenvalue weighted by Crippen LogP contribution is 2.19. The summed E-state index contributed by atoms with van der Waals surface area (Å²) in [6.07, 6.45) is 3.78. The molecule has 1 amide bonds. The second-order valence-corrected chi connectivity index (χ2v) is 6.64. The van der Waals surface area contributed by atoms with Crippen LogP contribution < -0.4 is 14.8 Å². The molecule has 6 heteroatoms. The normalized spacial score (nSPS) is 10.7. The van der Waals surface area contributed by atoms with Gasteiger partial charge in [0.25, 0.3) is 0 Å². The van der Waals surface area contributed by atoms with Gasteiger partial charge in [-0.15, -0.1) is 0 Å². The van der Waals surface area contributed by atoms with Gasteiger partial charge < -0.3 is 19.4 Å². The summed E-state index contributed by atoms with van der Waals surface area (Å²) in [4.78, 5) is 16.1. The zero-order valence-corrected chi connectivity index (χ0v) is 16.8. The van der Waals surface area contributed by atoms with Crippen LogP contribution in [0.2, 0.25) is 0 Å². The second-order valence-electron chi connectivity index (χ2n) is 6.64. The van der Waals surface area contributed by atoms with Gasteiger partial charge in [0.1, 0.15) is 17.3 Å². The molecule has 3 rings (SSSR count). The van der Waals surface area contributed by atoms with Gasteiger partial charge in [0, 0.05) is 19.5 Å². The van der Waals surface area contributed by atoms with Crippen molar-refractivity contribution in [1.82, 2.24) is 14.9 Å². The summed E-state index contributed by atoms with van der Waals surface area (Å²) in [7, 11) is 1.65. The molecule has 0 aliphatic carbocycles. The van der Waals surface area contributed by atoms with E-state index in [0.717, 1.165) is 54.2 Å². The van der Waals surface area contributed by atoms with E-state index in [1.807, 2.05) is 42.5 Å². The Hall–Kier alpha value is -3.28. The van der Waals surface area contributed by atoms with E-state index in [1.54, 1.807) is 7.11 Å². The highest BCUT2D eigenvalue weighted by molar-refractivity contribution is 5.86. The molecule has 6 nitrogen and oxygen atoms in total. The number of hydrogen-bond acceptors (Lipinski definition) is 4. The minimum absolute atomic E-state index is 0.144. The first-order valence-electron chi connectivity index (χ1n) is 9.82. The maximum atomic E-state index is 11.3. The van der Waals surface area contributed by atoms with Crippen molar-refractivity contribution < 1.29 is 14.3 Å². The van der Waals surface area contributed by atoms with Crippen molar-refractivity contribution in [3.05, 3.63) is 67.0 Å². The third kappa shape index (κ3) is 5.60. The van der Waals surface area contributed by atoms with Crippen molar-refractivity contribution in [3.8, 4) is 11.5 Å². The number of hydrogen-bond donors (Lipinski definition) is 1. The Morgan fingerprint density at radius 3 is 2.66 bits per heavy atom. The van der Waals surface area contributed by atoms with Crippen molar-refractivity contribution in [1.29, 1.82) is 0 Å². The quantitative estimate of drug-likeness (QED) is 0.398. The minimum atomic E-state index is -0.144. The van der Waals surface area contributed by atoms with E-state index in [4.69, 9.17) is 14.5 Å². The number of nitrogens with zero attached hydrogens (tertiary/aromatic N) is 2. The van der Waals surface area contributed by atoms with Crippen LogP contribution in [0, 0.1) is 0 Å². The van der Waals surface area contributed by atoms with E-state index in [9.17, 15) is 4.79 Å². The number of para-hydroxylation sites is 2. The van der Waals surface area contributed by atoms with Gasteiger partial charge >= 0.3 is 0 Å². The molecule has 1 heterocycles. The zero-order chi connectivity index (χ0) is 20.5. The molecule has 0 aliphatic rings. The van der Waals surface area contributed by atoms with Gasteiger partial charge in [0.05, 0.1) is 24.8 Å². The van der Waals surface area contributed by atoms with Crippen molar-refractivity contribution in [2.45, 2.75) is 25.8 Å². The summed E-state index contributed by atoms with van der Waals surface area (Å²) in [5, 5.41) is 2.81. The molecule has 0 atom stereocenters. The van der Waals surface area contributed by atoms with Gasteiger partial charge in [-0.25, -0.2) is 4.98 Å². The van der Waals surface area contributed by atoms with Crippen LogP contribution in [0.4, 0.5) is 0 Å². The number of imidazole rings is 1. The largest absolute Gasteiger partial charge is 0.497 e. The summed E-state index contributed by atoms with van der Waals surface area (Å²) in [5.74, 6) is 2.54. The predicted octanol–water partition coefficient (Wildman–Crippen LogP) is 3.75. The lowest BCUT2D eigenvalue weighted by Crippen LogP contribution is -2.22. The Bertz CT molecular complexity index is 948. The standard InChI is InChI=1S/C23H27N3O3/c1-3-23(27)24-15-6-10-22-25-20-8-4-5-9-21(20)26(22)16-7-17-29-19-13-11-18(28-2)12-14-19/h3-5,8-9,11-14H,1,6-7,10,15-17H2,2H3,(H,24,27). The summed E-state index contributed by atoms with van der Waals surface area (Å²) >= 11 is 0. The fourth-order valence-electron chi connectivity index (χ4n) is 3.18. The fourth-order valence-corrected chi connectivity index (χ4v) is 3.18. The van der Waals surface area contributed by atoms with E-state index in [-0.39, 0.29) is 5.91 Å². The number of ether oxygens (including phenoxy) is 2. The molecule has 0 saturated heterocycles. The molecule has 0 radical (unpaired) electrons. The molecular weight excluding hydrogens is 366 g/mol. The summed E-state index contributed by atoms with van der Waals surface area (Å²) in [5.41, 5.74) is 2.12. The minimum Gasteiger partial charge on any atom is -0.497 e. The van der Waals surface area contributed by atoms with Crippen LogP contribution >= 0.6 is 0 Å². The van der Waals surface area contributed by atoms with Crippen molar-refractivity contribution in [3.63, 3.8) is 0 Å². The molecule has 3 aromatic rings. The van der Waals surface area contributed by atoms with E-state index in [0.29, 0.717) is 13.2 Å². The zero-order valence-electron chi connectivity index (χ0n) is 16.8. The Kier molecular flexibility index (Phi) is 7.28. The number of aryl methyl sites for hydroxylation is 2. The highest BCUT2D eigenvalue weighted by Gasteiger charge is 2.10. The molecule has 0 unspecified atom stereocenters. The molecule has 0 fully saturated rings. The number of carbonyl (C=O) groups is 1. The topological polar surface area (TPSA) is 65.4 Å². The van der Waals surface area contributed by atoms with Crippen LogP contribution in [0.25, 0.3) is 11.0 Å². The van der Waals surface area contributed by atoms with Crippen LogP contribution in [0.5, 0.6) is 11.5 Å². The molecule has 0 aliphatic heterocycles. The van der Waals surface area contributed by atoms with Crippen molar-refractivity contribution >= 4 is 16.9 Å². The smallest absolute Gasteiger partial charge is 0.243 e. The third-order valence-corrected chi connectivity index (χ3v) is 4.65. The molecule has 152 valence electrons. The maximum Gasteiger partial charge on any atom is 0.243 e. The lowest BCUT2D eigenvalue weighted by atomic mass is 10.2. The number of amides is 1. The van der Waals surface area contributed by atoms with Crippen LogP contribution in [0.1, 0.15) is 18.7 Å². The first kappa shape index (κ1) is 20.5. The van der Waals surface area contributed by atoms with Crippen LogP contribution in [0.15, 0.2) is 61.2 Å². The number of carbonyl (C=O) groups excluding carboxylic acids is 1. The van der Waals surface area contributed by atoms with E-state index in [1.165, 1.54) is 6.08 Å². The maximum absolute atomic E-state index is 11.3. The fraction of sp³-hybridized carbons (Fsp3) is 0.304. The van der Waals surface area contributed by atoms with Gasteiger partial charge in [-0.3, -0.25) is 4.79 Å². The van der Waals surface area contributed by atoms with E-state index in [2.05, 4.69) is 22.5 Å². The van der Waals surface area contributed by atoms with Gasteiger partial charge in [0.2, 0.25) is 5.91 Å². The lowest BCUT2D eigenvalue weighted by molar-refractivity contribution is -0.116. The number of fused-ring (bicyclic) bond motifs is 1. The number of nitrogens with one attached hydrogen (secondary N) is 1. The lowest BCUT2D eigenvalue weighted by Gasteiger charge is -2.11. The highest BCUT2D eigenvalue weighted by atomic mass is 16.5. The Balaban J connectivity index is 1.57. The van der Waals surface area contributed by atoms with Gasteiger partial charge in [-0.05, 0) is 55.3 Å². The van der Waals surface area contributed by atoms with E-state index < -0.39 is 0 Å². The predicted molar refractivity (Wildman–Crippen MR) is 114 cm³/mol. The van der Waals surface area contributed by atoms with Gasteiger partial charge in [0.15, 0.2) is 0 Å². The first-order chi connectivity index (χ1) is 14.2. The second kappa shape index (κ2) is 10.3. The number of benzene rings is 2. The Morgan fingerprint density at radius 2 is 1.90 bits per heavy atom. The molecule has 0 bridgehead atoms. The first-order valence-corrected chi connectivity index (χ1v) is 9.82. The Morgan fingerprint density at radius 1 is 1.14 bits per heavy atom. The average Bonchev–Trinajstić information content (AvgIpc) is 3.12. The molecule has 1 aromatic heterocycles. The third-order valence-electron chi connectivity index (χ3n) is 4.65. The number of rotatable bonds is 11. The van der Waals surface area contributed by atoms with Crippen LogP contribution in [0.3, 0.4) is 0 Å². The molecule has 1 N–H and O–H groups in total. The monoisotopic (exact) mass is 393 g/mol. The summed E-state index contributed by atoms with van der Waals surface area (Å²) in [6, 6.07) is 15.8.